The number of aromatic nitrogens is 5. The summed E-state index contributed by atoms with van der Waals surface area (Å²) in [5.74, 6) is -0.295. The van der Waals surface area contributed by atoms with Crippen molar-refractivity contribution in [1.29, 1.82) is 0 Å². The summed E-state index contributed by atoms with van der Waals surface area (Å²) in [4.78, 5) is 29.3. The number of carbonyl (C=O) groups excluding carboxylic acids is 1. The Morgan fingerprint density at radius 3 is 2.77 bits per heavy atom. The molecule has 0 saturated carbocycles. The molecule has 3 heterocycles. The molecule has 0 fully saturated rings. The van der Waals surface area contributed by atoms with Crippen LogP contribution in [0.4, 0.5) is 0 Å². The molecule has 1 N–H and O–H groups in total. The van der Waals surface area contributed by atoms with E-state index >= 15 is 0 Å². The molecular formula is C17H13ClN6O2. The third-order valence-corrected chi connectivity index (χ3v) is 4.23. The number of benzene rings is 1. The Balaban J connectivity index is 1.63. The second kappa shape index (κ2) is 6.57. The number of amides is 1. The van der Waals surface area contributed by atoms with Crippen molar-refractivity contribution in [3.63, 3.8) is 0 Å². The Kier molecular flexibility index (Phi) is 4.10. The molecular weight excluding hydrogens is 356 g/mol. The number of pyridine rings is 1. The molecule has 8 nitrogen and oxygen atoms in total. The maximum atomic E-state index is 12.7. The van der Waals surface area contributed by atoms with Crippen molar-refractivity contribution in [3.05, 3.63) is 69.9 Å². The van der Waals surface area contributed by atoms with Gasteiger partial charge in [-0.2, -0.15) is 0 Å². The summed E-state index contributed by atoms with van der Waals surface area (Å²) in [6.45, 7) is 0.200. The minimum Gasteiger partial charge on any atom is -0.350 e. The smallest absolute Gasteiger partial charge is 0.297 e. The van der Waals surface area contributed by atoms with E-state index in [2.05, 4.69) is 20.5 Å². The second-order valence-corrected chi connectivity index (χ2v) is 6.10. The lowest BCUT2D eigenvalue weighted by Crippen LogP contribution is -2.33. The van der Waals surface area contributed by atoms with E-state index in [0.29, 0.717) is 22.7 Å². The van der Waals surface area contributed by atoms with Crippen molar-refractivity contribution in [3.8, 4) is 0 Å². The van der Waals surface area contributed by atoms with Gasteiger partial charge >= 0.3 is 0 Å². The molecule has 1 amide bonds. The van der Waals surface area contributed by atoms with Crippen LogP contribution in [0.15, 0.2) is 53.7 Å². The maximum Gasteiger partial charge on any atom is 0.297 e. The zero-order chi connectivity index (χ0) is 18.1. The number of carbonyl (C=O) groups is 1. The monoisotopic (exact) mass is 368 g/mol. The van der Waals surface area contributed by atoms with Crippen LogP contribution in [0.3, 0.4) is 0 Å². The fraction of sp³-hybridized carbons (Fsp3) is 0.118. The topological polar surface area (TPSA) is 94.2 Å². The van der Waals surface area contributed by atoms with Crippen LogP contribution in [0, 0.1) is 0 Å². The normalized spacial score (nSPS) is 11.1. The standard InChI is InChI=1S/C17H13ClN6O2/c18-12-5-3-11(4-6-12)8-20-14(25)9-23-13-2-1-7-19-15(13)24-10-21-22-16(24)17(23)26/h1-7,10H,8-9H2,(H,20,25). The molecule has 4 aromatic rings. The Bertz CT molecular complexity index is 1170. The number of fused-ring (bicyclic) bond motifs is 3. The Morgan fingerprint density at radius 2 is 1.96 bits per heavy atom. The fourth-order valence-corrected chi connectivity index (χ4v) is 2.84. The lowest BCUT2D eigenvalue weighted by molar-refractivity contribution is -0.121. The molecule has 0 aliphatic rings. The van der Waals surface area contributed by atoms with E-state index in [4.69, 9.17) is 11.6 Å². The Morgan fingerprint density at radius 1 is 1.15 bits per heavy atom. The van der Waals surface area contributed by atoms with Gasteiger partial charge in [-0.15, -0.1) is 10.2 Å². The quantitative estimate of drug-likeness (QED) is 0.587. The summed E-state index contributed by atoms with van der Waals surface area (Å²) < 4.78 is 2.86. The molecule has 1 aromatic carbocycles. The first-order valence-electron chi connectivity index (χ1n) is 7.82. The highest BCUT2D eigenvalue weighted by Gasteiger charge is 2.15. The lowest BCUT2D eigenvalue weighted by Gasteiger charge is -2.11. The van der Waals surface area contributed by atoms with Gasteiger partial charge in [0.25, 0.3) is 5.56 Å². The van der Waals surface area contributed by atoms with Gasteiger partial charge in [0.15, 0.2) is 5.65 Å². The average Bonchev–Trinajstić information content (AvgIpc) is 3.15. The van der Waals surface area contributed by atoms with Gasteiger partial charge < -0.3 is 5.32 Å². The Labute approximate surface area is 152 Å². The van der Waals surface area contributed by atoms with Crippen molar-refractivity contribution < 1.29 is 4.79 Å². The van der Waals surface area contributed by atoms with Crippen LogP contribution < -0.4 is 10.9 Å². The van der Waals surface area contributed by atoms with E-state index in [0.717, 1.165) is 5.56 Å². The summed E-state index contributed by atoms with van der Waals surface area (Å²) in [5.41, 5.74) is 1.69. The van der Waals surface area contributed by atoms with E-state index in [9.17, 15) is 9.59 Å². The Hall–Kier alpha value is -3.26. The van der Waals surface area contributed by atoms with Crippen LogP contribution in [-0.4, -0.2) is 30.1 Å². The number of nitrogens with zero attached hydrogens (tertiary/aromatic N) is 5. The zero-order valence-electron chi connectivity index (χ0n) is 13.5. The molecule has 0 aliphatic carbocycles. The summed E-state index contributed by atoms with van der Waals surface area (Å²) in [7, 11) is 0. The predicted molar refractivity (Wildman–Crippen MR) is 95.8 cm³/mol. The largest absolute Gasteiger partial charge is 0.350 e. The van der Waals surface area contributed by atoms with E-state index < -0.39 is 5.56 Å². The number of hydrogen-bond acceptors (Lipinski definition) is 5. The number of rotatable bonds is 4. The van der Waals surface area contributed by atoms with Gasteiger partial charge in [0, 0.05) is 17.8 Å². The first kappa shape index (κ1) is 16.2. The minimum atomic E-state index is -0.398. The lowest BCUT2D eigenvalue weighted by atomic mass is 10.2. The molecule has 0 radical (unpaired) electrons. The molecule has 0 spiro atoms. The molecule has 3 aromatic heterocycles. The first-order valence-corrected chi connectivity index (χ1v) is 8.20. The van der Waals surface area contributed by atoms with Gasteiger partial charge in [-0.1, -0.05) is 23.7 Å². The highest BCUT2D eigenvalue weighted by Crippen LogP contribution is 2.11. The van der Waals surface area contributed by atoms with E-state index in [1.54, 1.807) is 30.5 Å². The van der Waals surface area contributed by atoms with Crippen molar-refractivity contribution in [2.75, 3.05) is 0 Å². The third-order valence-electron chi connectivity index (χ3n) is 3.97. The molecule has 0 aliphatic heterocycles. The SMILES string of the molecule is O=C(Cn1c(=O)c2nncn2c2ncccc21)NCc1ccc(Cl)cc1. The highest BCUT2D eigenvalue weighted by molar-refractivity contribution is 6.30. The summed E-state index contributed by atoms with van der Waals surface area (Å²) in [5, 5.41) is 11.0. The number of halogens is 1. The number of hydrogen-bond donors (Lipinski definition) is 1. The molecule has 0 atom stereocenters. The van der Waals surface area contributed by atoms with Gasteiger partial charge in [-0.25, -0.2) is 4.98 Å². The van der Waals surface area contributed by atoms with Crippen LogP contribution in [0.2, 0.25) is 5.02 Å². The maximum absolute atomic E-state index is 12.7. The molecule has 4 rings (SSSR count). The van der Waals surface area contributed by atoms with Crippen LogP contribution >= 0.6 is 11.6 Å². The van der Waals surface area contributed by atoms with Gasteiger partial charge in [0.05, 0.1) is 5.52 Å². The van der Waals surface area contributed by atoms with Gasteiger partial charge in [-0.3, -0.25) is 18.6 Å². The fourth-order valence-electron chi connectivity index (χ4n) is 2.71. The van der Waals surface area contributed by atoms with Crippen LogP contribution in [-0.2, 0) is 17.9 Å². The average molecular weight is 369 g/mol. The van der Waals surface area contributed by atoms with Crippen molar-refractivity contribution >= 4 is 34.3 Å². The predicted octanol–water partition coefficient (Wildman–Crippen LogP) is 1.41. The molecule has 26 heavy (non-hydrogen) atoms. The second-order valence-electron chi connectivity index (χ2n) is 5.67. The van der Waals surface area contributed by atoms with Crippen LogP contribution in [0.1, 0.15) is 5.56 Å². The van der Waals surface area contributed by atoms with Crippen molar-refractivity contribution in [2.24, 2.45) is 0 Å². The van der Waals surface area contributed by atoms with E-state index in [1.807, 2.05) is 12.1 Å². The molecule has 0 bridgehead atoms. The minimum absolute atomic E-state index is 0.127. The molecule has 9 heteroatoms. The van der Waals surface area contributed by atoms with Crippen molar-refractivity contribution in [1.82, 2.24) is 29.5 Å². The highest BCUT2D eigenvalue weighted by atomic mass is 35.5. The zero-order valence-corrected chi connectivity index (χ0v) is 14.2. The van der Waals surface area contributed by atoms with E-state index in [1.165, 1.54) is 15.3 Å². The van der Waals surface area contributed by atoms with Crippen LogP contribution in [0.5, 0.6) is 0 Å². The van der Waals surface area contributed by atoms with Gasteiger partial charge in [-0.05, 0) is 29.8 Å². The van der Waals surface area contributed by atoms with Gasteiger partial charge in [0.2, 0.25) is 11.6 Å². The summed E-state index contributed by atoms with van der Waals surface area (Å²) >= 11 is 5.85. The number of nitrogens with one attached hydrogen (secondary N) is 1. The van der Waals surface area contributed by atoms with Crippen molar-refractivity contribution in [2.45, 2.75) is 13.1 Å². The van der Waals surface area contributed by atoms with E-state index in [-0.39, 0.29) is 18.1 Å². The first-order chi connectivity index (χ1) is 12.6. The summed E-state index contributed by atoms with van der Waals surface area (Å²) in [6, 6.07) is 10.6. The molecule has 130 valence electrons. The van der Waals surface area contributed by atoms with Gasteiger partial charge in [0.1, 0.15) is 12.9 Å². The molecule has 0 saturated heterocycles. The third kappa shape index (κ3) is 2.91. The summed E-state index contributed by atoms with van der Waals surface area (Å²) in [6.07, 6.45) is 3.04. The molecule has 0 unspecified atom stereocenters. The van der Waals surface area contributed by atoms with Crippen LogP contribution in [0.25, 0.3) is 16.8 Å².